The summed E-state index contributed by atoms with van der Waals surface area (Å²) in [5, 5.41) is 10.7. The van der Waals surface area contributed by atoms with E-state index in [1.165, 1.54) is 0 Å². The fourth-order valence-electron chi connectivity index (χ4n) is 1.79. The summed E-state index contributed by atoms with van der Waals surface area (Å²) in [5.74, 6) is -0.675. The van der Waals surface area contributed by atoms with Gasteiger partial charge in [-0.15, -0.1) is 0 Å². The normalized spacial score (nSPS) is 14.3. The summed E-state index contributed by atoms with van der Waals surface area (Å²) >= 11 is 0. The first-order valence-corrected chi connectivity index (χ1v) is 6.21. The molecule has 1 heterocycles. The number of nitrogens with zero attached hydrogens (tertiary/aromatic N) is 1. The van der Waals surface area contributed by atoms with Crippen LogP contribution in [0.15, 0.2) is 40.5 Å². The van der Waals surface area contributed by atoms with Crippen molar-refractivity contribution < 1.29 is 9.53 Å². The van der Waals surface area contributed by atoms with Gasteiger partial charge in [0.25, 0.3) is 0 Å². The molecule has 20 heavy (non-hydrogen) atoms. The van der Waals surface area contributed by atoms with Gasteiger partial charge in [0.1, 0.15) is 5.57 Å². The zero-order valence-corrected chi connectivity index (χ0v) is 11.4. The van der Waals surface area contributed by atoms with Gasteiger partial charge in [0.2, 0.25) is 0 Å². The lowest BCUT2D eigenvalue weighted by Crippen LogP contribution is -2.21. The Kier molecular flexibility index (Phi) is 3.84. The molecule has 0 atom stereocenters. The van der Waals surface area contributed by atoms with Crippen molar-refractivity contribution in [2.45, 2.75) is 13.8 Å². The van der Waals surface area contributed by atoms with Crippen LogP contribution < -0.4 is 11.1 Å². The monoisotopic (exact) mass is 272 g/mol. The highest BCUT2D eigenvalue weighted by Gasteiger charge is 2.29. The van der Waals surface area contributed by atoms with E-state index in [9.17, 15) is 4.79 Å². The van der Waals surface area contributed by atoms with Crippen molar-refractivity contribution in [2.75, 3.05) is 11.9 Å². The molecule has 0 radical (unpaired) electrons. The van der Waals surface area contributed by atoms with Gasteiger partial charge in [-0.2, -0.15) is 0 Å². The smallest absolute Gasteiger partial charge is 0.344 e. The Balaban J connectivity index is 2.33. The van der Waals surface area contributed by atoms with E-state index in [-0.39, 0.29) is 23.9 Å². The van der Waals surface area contributed by atoms with Gasteiger partial charge in [-0.05, 0) is 26.0 Å². The van der Waals surface area contributed by atoms with E-state index in [1.807, 2.05) is 31.2 Å². The summed E-state index contributed by atoms with van der Waals surface area (Å²) in [6.45, 7) is 3.91. The summed E-state index contributed by atoms with van der Waals surface area (Å²) < 4.78 is 4.93. The summed E-state index contributed by atoms with van der Waals surface area (Å²) in [4.78, 5) is 15.7. The minimum atomic E-state index is -0.601. The van der Waals surface area contributed by atoms with E-state index in [0.717, 1.165) is 11.3 Å². The molecule has 0 amide bonds. The number of benzene rings is 1. The number of amidine groups is 2. The lowest BCUT2D eigenvalue weighted by molar-refractivity contribution is -0.137. The Bertz CT molecular complexity index is 615. The highest BCUT2D eigenvalue weighted by Crippen LogP contribution is 2.20. The third-order valence-corrected chi connectivity index (χ3v) is 2.78. The molecule has 0 unspecified atom stereocenters. The van der Waals surface area contributed by atoms with Crippen molar-refractivity contribution >= 4 is 23.3 Å². The van der Waals surface area contributed by atoms with Crippen LogP contribution in [0.25, 0.3) is 0 Å². The number of ether oxygens (including phenoxy) is 1. The first kappa shape index (κ1) is 13.8. The fraction of sp³-hybridized carbons (Fsp3) is 0.214. The third-order valence-electron chi connectivity index (χ3n) is 2.78. The highest BCUT2D eigenvalue weighted by atomic mass is 16.5. The molecule has 0 bridgehead atoms. The van der Waals surface area contributed by atoms with E-state index >= 15 is 0 Å². The Morgan fingerprint density at radius 3 is 2.65 bits per heavy atom. The van der Waals surface area contributed by atoms with Crippen molar-refractivity contribution in [2.24, 2.45) is 10.7 Å². The van der Waals surface area contributed by atoms with Crippen LogP contribution in [0.5, 0.6) is 0 Å². The number of hydrogen-bond donors (Lipinski definition) is 3. The second-order valence-corrected chi connectivity index (χ2v) is 4.31. The molecule has 0 spiro atoms. The summed E-state index contributed by atoms with van der Waals surface area (Å²) in [7, 11) is 0. The Labute approximate surface area is 116 Å². The molecule has 0 saturated heterocycles. The SMILES string of the molecule is CCOC(=O)C1=C(Nc2ccc(C)cc2)C(N)=NC1=N. The first-order chi connectivity index (χ1) is 9.52. The van der Waals surface area contributed by atoms with Gasteiger partial charge in [0.15, 0.2) is 11.7 Å². The molecule has 0 fully saturated rings. The molecule has 6 nitrogen and oxygen atoms in total. The quantitative estimate of drug-likeness (QED) is 0.724. The number of aryl methyl sites for hydroxylation is 1. The fourth-order valence-corrected chi connectivity index (χ4v) is 1.79. The van der Waals surface area contributed by atoms with Crippen molar-refractivity contribution in [3.05, 3.63) is 41.1 Å². The van der Waals surface area contributed by atoms with Crippen molar-refractivity contribution in [3.63, 3.8) is 0 Å². The summed E-state index contributed by atoms with van der Waals surface area (Å²) in [6.07, 6.45) is 0. The van der Waals surface area contributed by atoms with Crippen LogP contribution in [-0.2, 0) is 9.53 Å². The van der Waals surface area contributed by atoms with Crippen LogP contribution in [0.3, 0.4) is 0 Å². The predicted molar refractivity (Wildman–Crippen MR) is 77.8 cm³/mol. The van der Waals surface area contributed by atoms with Gasteiger partial charge >= 0.3 is 5.97 Å². The average molecular weight is 272 g/mol. The number of anilines is 1. The van der Waals surface area contributed by atoms with E-state index in [0.29, 0.717) is 5.70 Å². The van der Waals surface area contributed by atoms with Gasteiger partial charge < -0.3 is 15.8 Å². The maximum Gasteiger partial charge on any atom is 0.344 e. The van der Waals surface area contributed by atoms with Gasteiger partial charge in [0, 0.05) is 5.69 Å². The molecule has 1 aromatic carbocycles. The van der Waals surface area contributed by atoms with Gasteiger partial charge in [-0.3, -0.25) is 5.41 Å². The zero-order chi connectivity index (χ0) is 14.7. The van der Waals surface area contributed by atoms with Gasteiger partial charge in [-0.25, -0.2) is 9.79 Å². The number of nitrogens with two attached hydrogens (primary N) is 1. The van der Waals surface area contributed by atoms with Gasteiger partial charge in [0.05, 0.1) is 12.3 Å². The number of carbonyl (C=O) groups excluding carboxylic acids is 1. The molecular weight excluding hydrogens is 256 g/mol. The largest absolute Gasteiger partial charge is 0.462 e. The molecule has 1 aliphatic rings. The topological polar surface area (TPSA) is 101 Å². The minimum absolute atomic E-state index is 0.0601. The minimum Gasteiger partial charge on any atom is -0.462 e. The van der Waals surface area contributed by atoms with Crippen LogP contribution in [0.1, 0.15) is 12.5 Å². The second-order valence-electron chi connectivity index (χ2n) is 4.31. The zero-order valence-electron chi connectivity index (χ0n) is 11.4. The highest BCUT2D eigenvalue weighted by molar-refractivity contribution is 6.31. The Hall–Kier alpha value is -2.63. The molecule has 4 N–H and O–H groups in total. The van der Waals surface area contributed by atoms with Crippen LogP contribution in [0.4, 0.5) is 5.69 Å². The Morgan fingerprint density at radius 1 is 1.40 bits per heavy atom. The van der Waals surface area contributed by atoms with E-state index in [4.69, 9.17) is 15.9 Å². The lowest BCUT2D eigenvalue weighted by atomic mass is 10.2. The molecule has 6 heteroatoms. The summed E-state index contributed by atoms with van der Waals surface area (Å²) in [6, 6.07) is 7.59. The number of rotatable bonds is 4. The second kappa shape index (κ2) is 5.56. The molecule has 0 saturated carbocycles. The number of carbonyl (C=O) groups is 1. The average Bonchev–Trinajstić information content (AvgIpc) is 2.67. The van der Waals surface area contributed by atoms with Crippen LogP contribution in [-0.4, -0.2) is 24.2 Å². The third kappa shape index (κ3) is 2.69. The molecule has 1 aliphatic heterocycles. The van der Waals surface area contributed by atoms with E-state index in [2.05, 4.69) is 10.3 Å². The van der Waals surface area contributed by atoms with Crippen molar-refractivity contribution in [1.29, 1.82) is 5.41 Å². The molecular formula is C14H16N4O2. The number of esters is 1. The molecule has 104 valence electrons. The molecule has 1 aromatic rings. The van der Waals surface area contributed by atoms with E-state index < -0.39 is 5.97 Å². The van der Waals surface area contributed by atoms with E-state index in [1.54, 1.807) is 6.92 Å². The van der Waals surface area contributed by atoms with Crippen LogP contribution in [0.2, 0.25) is 0 Å². The maximum atomic E-state index is 11.9. The first-order valence-electron chi connectivity index (χ1n) is 6.21. The summed E-state index contributed by atoms with van der Waals surface area (Å²) in [5.41, 5.74) is 8.01. The van der Waals surface area contributed by atoms with Crippen molar-refractivity contribution in [1.82, 2.24) is 0 Å². The van der Waals surface area contributed by atoms with Gasteiger partial charge in [-0.1, -0.05) is 17.7 Å². The number of hydrogen-bond acceptors (Lipinski definition) is 5. The lowest BCUT2D eigenvalue weighted by Gasteiger charge is -2.10. The van der Waals surface area contributed by atoms with Crippen molar-refractivity contribution in [3.8, 4) is 0 Å². The van der Waals surface area contributed by atoms with Crippen LogP contribution >= 0.6 is 0 Å². The number of nitrogens with one attached hydrogen (secondary N) is 2. The molecule has 2 rings (SSSR count). The molecule has 0 aromatic heterocycles. The standard InChI is InChI=1S/C14H16N4O2/c1-3-20-14(19)10-11(13(16)18-12(10)15)17-9-6-4-8(2)5-7-9/h4-7H,3H2,1-2H3,(H4,15,16,17,18). The van der Waals surface area contributed by atoms with Crippen LogP contribution in [0, 0.1) is 12.3 Å². The predicted octanol–water partition coefficient (Wildman–Crippen LogP) is 1.57. The molecule has 0 aliphatic carbocycles. The maximum absolute atomic E-state index is 11.9. The number of aliphatic imine (C=N–C) groups is 1. The Morgan fingerprint density at radius 2 is 2.05 bits per heavy atom.